The molecule has 14 heavy (non-hydrogen) atoms. The number of hydrogen-bond acceptors (Lipinski definition) is 2. The predicted molar refractivity (Wildman–Crippen MR) is 57.2 cm³/mol. The number of esters is 1. The number of hydrogen-bond donors (Lipinski definition) is 0. The van der Waals surface area contributed by atoms with Crippen LogP contribution in [0.15, 0.2) is 24.3 Å². The van der Waals surface area contributed by atoms with Gasteiger partial charge in [-0.3, -0.25) is 0 Å². The van der Waals surface area contributed by atoms with Crippen LogP contribution in [0.5, 0.6) is 0 Å². The van der Waals surface area contributed by atoms with Gasteiger partial charge in [0.05, 0.1) is 5.56 Å². The lowest BCUT2D eigenvalue weighted by molar-refractivity contribution is 0.0521. The minimum atomic E-state index is -0.703. The minimum absolute atomic E-state index is 0.0232. The monoisotopic (exact) mass is 252 g/mol. The summed E-state index contributed by atoms with van der Waals surface area (Å²) in [5, 5.41) is 0.564. The summed E-state index contributed by atoms with van der Waals surface area (Å²) in [4.78, 5) is 10.6. The zero-order valence-corrected chi connectivity index (χ0v) is 9.31. The van der Waals surface area contributed by atoms with Gasteiger partial charge in [-0.1, -0.05) is 11.6 Å². The normalized spacial score (nSPS) is 10.3. The first kappa shape index (κ1) is 11.6. The molecule has 0 saturated heterocycles. The molecule has 0 heterocycles. The average Bonchev–Trinajstić information content (AvgIpc) is 2.15. The molecule has 76 valence electrons. The fourth-order valence-electron chi connectivity index (χ4n) is 0.808. The standard InChI is InChI=1S/C9H7Cl3O2/c10-7-3-1-6(2-4-7)9(13)14-5-8(11)12/h1-4,8H,5H2. The maximum Gasteiger partial charge on any atom is 0.338 e. The highest BCUT2D eigenvalue weighted by molar-refractivity contribution is 6.44. The molecule has 0 unspecified atom stereocenters. The quantitative estimate of drug-likeness (QED) is 0.610. The van der Waals surface area contributed by atoms with Crippen LogP contribution in [-0.2, 0) is 4.74 Å². The van der Waals surface area contributed by atoms with E-state index in [1.165, 1.54) is 0 Å². The van der Waals surface area contributed by atoms with E-state index in [-0.39, 0.29) is 6.61 Å². The molecule has 1 aromatic rings. The Hall–Kier alpha value is -0.440. The highest BCUT2D eigenvalue weighted by Crippen LogP contribution is 2.11. The summed E-state index contributed by atoms with van der Waals surface area (Å²) in [6, 6.07) is 6.36. The van der Waals surface area contributed by atoms with Crippen LogP contribution in [0.3, 0.4) is 0 Å². The zero-order valence-electron chi connectivity index (χ0n) is 7.04. The minimum Gasteiger partial charge on any atom is -0.459 e. The van der Waals surface area contributed by atoms with Crippen molar-refractivity contribution < 1.29 is 9.53 Å². The number of carbonyl (C=O) groups excluding carboxylic acids is 1. The van der Waals surface area contributed by atoms with Gasteiger partial charge in [-0.15, -0.1) is 23.2 Å². The lowest BCUT2D eigenvalue weighted by Crippen LogP contribution is -2.10. The number of ether oxygens (including phenoxy) is 1. The van der Waals surface area contributed by atoms with E-state index < -0.39 is 10.8 Å². The van der Waals surface area contributed by atoms with E-state index in [9.17, 15) is 4.79 Å². The Balaban J connectivity index is 2.57. The van der Waals surface area contributed by atoms with Gasteiger partial charge in [0.25, 0.3) is 0 Å². The van der Waals surface area contributed by atoms with E-state index in [1.807, 2.05) is 0 Å². The van der Waals surface area contributed by atoms with Crippen molar-refractivity contribution in [2.45, 2.75) is 4.84 Å². The zero-order chi connectivity index (χ0) is 10.6. The lowest BCUT2D eigenvalue weighted by Gasteiger charge is -2.04. The molecule has 0 aromatic heterocycles. The van der Waals surface area contributed by atoms with Crippen LogP contribution in [0.1, 0.15) is 10.4 Å². The first-order valence-electron chi connectivity index (χ1n) is 3.80. The lowest BCUT2D eigenvalue weighted by atomic mass is 10.2. The molecule has 0 atom stereocenters. The van der Waals surface area contributed by atoms with Crippen LogP contribution in [-0.4, -0.2) is 17.4 Å². The van der Waals surface area contributed by atoms with Crippen molar-refractivity contribution in [1.29, 1.82) is 0 Å². The Kier molecular flexibility index (Phi) is 4.52. The predicted octanol–water partition coefficient (Wildman–Crippen LogP) is 3.30. The van der Waals surface area contributed by atoms with Crippen molar-refractivity contribution in [3.63, 3.8) is 0 Å². The molecule has 0 bridgehead atoms. The summed E-state index contributed by atoms with van der Waals surface area (Å²) in [6.45, 7) is -0.0232. The first-order chi connectivity index (χ1) is 6.59. The summed E-state index contributed by atoms with van der Waals surface area (Å²) < 4.78 is 4.78. The Bertz CT molecular complexity index is 308. The van der Waals surface area contributed by atoms with Crippen LogP contribution >= 0.6 is 34.8 Å². The molecule has 5 heteroatoms. The van der Waals surface area contributed by atoms with Gasteiger partial charge in [0.15, 0.2) is 0 Å². The Morgan fingerprint density at radius 3 is 2.36 bits per heavy atom. The topological polar surface area (TPSA) is 26.3 Å². The Morgan fingerprint density at radius 2 is 1.86 bits per heavy atom. The molecule has 0 aliphatic carbocycles. The van der Waals surface area contributed by atoms with E-state index in [4.69, 9.17) is 39.5 Å². The Morgan fingerprint density at radius 1 is 1.29 bits per heavy atom. The second-order valence-electron chi connectivity index (χ2n) is 2.50. The maximum atomic E-state index is 11.3. The average molecular weight is 254 g/mol. The highest BCUT2D eigenvalue weighted by Gasteiger charge is 2.08. The fourth-order valence-corrected chi connectivity index (χ4v) is 1.06. The van der Waals surface area contributed by atoms with Crippen LogP contribution in [0.25, 0.3) is 0 Å². The number of halogens is 3. The molecular weight excluding hydrogens is 246 g/mol. The van der Waals surface area contributed by atoms with Crippen LogP contribution in [0.4, 0.5) is 0 Å². The van der Waals surface area contributed by atoms with Gasteiger partial charge in [0.2, 0.25) is 0 Å². The van der Waals surface area contributed by atoms with Crippen LogP contribution in [0, 0.1) is 0 Å². The molecule has 0 aliphatic heterocycles. The van der Waals surface area contributed by atoms with Crippen molar-refractivity contribution in [1.82, 2.24) is 0 Å². The summed E-state index contributed by atoms with van der Waals surface area (Å²) in [5.41, 5.74) is 0.420. The van der Waals surface area contributed by atoms with E-state index in [0.717, 1.165) is 0 Å². The SMILES string of the molecule is O=C(OCC(Cl)Cl)c1ccc(Cl)cc1. The molecule has 0 radical (unpaired) electrons. The molecule has 0 N–H and O–H groups in total. The number of rotatable bonds is 3. The van der Waals surface area contributed by atoms with Gasteiger partial charge in [-0.25, -0.2) is 4.79 Å². The van der Waals surface area contributed by atoms with Gasteiger partial charge in [0.1, 0.15) is 11.4 Å². The molecule has 1 aromatic carbocycles. The van der Waals surface area contributed by atoms with Crippen molar-refractivity contribution in [3.05, 3.63) is 34.9 Å². The van der Waals surface area contributed by atoms with Gasteiger partial charge < -0.3 is 4.74 Å². The summed E-state index contributed by atoms with van der Waals surface area (Å²) >= 11 is 16.5. The van der Waals surface area contributed by atoms with E-state index >= 15 is 0 Å². The molecule has 0 fully saturated rings. The van der Waals surface area contributed by atoms with E-state index in [1.54, 1.807) is 24.3 Å². The number of alkyl halides is 2. The summed E-state index contributed by atoms with van der Waals surface area (Å²) in [5.74, 6) is -0.465. The summed E-state index contributed by atoms with van der Waals surface area (Å²) in [7, 11) is 0. The van der Waals surface area contributed by atoms with Crippen molar-refractivity contribution >= 4 is 40.8 Å². The number of benzene rings is 1. The molecule has 2 nitrogen and oxygen atoms in total. The molecular formula is C9H7Cl3O2. The van der Waals surface area contributed by atoms with Gasteiger partial charge in [-0.05, 0) is 24.3 Å². The van der Waals surface area contributed by atoms with Crippen molar-refractivity contribution in [2.24, 2.45) is 0 Å². The summed E-state index contributed by atoms with van der Waals surface area (Å²) in [6.07, 6.45) is 0. The second kappa shape index (κ2) is 5.44. The maximum absolute atomic E-state index is 11.3. The van der Waals surface area contributed by atoms with Gasteiger partial charge >= 0.3 is 5.97 Å². The molecule has 0 spiro atoms. The molecule has 1 rings (SSSR count). The van der Waals surface area contributed by atoms with E-state index in [2.05, 4.69) is 0 Å². The van der Waals surface area contributed by atoms with E-state index in [0.29, 0.717) is 10.6 Å². The number of carbonyl (C=O) groups is 1. The molecule has 0 amide bonds. The van der Waals surface area contributed by atoms with Gasteiger partial charge in [-0.2, -0.15) is 0 Å². The smallest absolute Gasteiger partial charge is 0.338 e. The third-order valence-corrected chi connectivity index (χ3v) is 1.92. The van der Waals surface area contributed by atoms with Gasteiger partial charge in [0, 0.05) is 5.02 Å². The van der Waals surface area contributed by atoms with Crippen LogP contribution < -0.4 is 0 Å². The Labute approximate surface area is 96.7 Å². The largest absolute Gasteiger partial charge is 0.459 e. The van der Waals surface area contributed by atoms with Crippen LogP contribution in [0.2, 0.25) is 5.02 Å². The molecule has 0 aliphatic rings. The second-order valence-corrected chi connectivity index (χ2v) is 4.21. The van der Waals surface area contributed by atoms with Crippen molar-refractivity contribution in [2.75, 3.05) is 6.61 Å². The highest BCUT2D eigenvalue weighted by atomic mass is 35.5. The molecule has 0 saturated carbocycles. The fraction of sp³-hybridized carbons (Fsp3) is 0.222. The van der Waals surface area contributed by atoms with Crippen molar-refractivity contribution in [3.8, 4) is 0 Å². The third kappa shape index (κ3) is 3.74. The first-order valence-corrected chi connectivity index (χ1v) is 5.05. The third-order valence-electron chi connectivity index (χ3n) is 1.42.